The molecule has 0 saturated heterocycles. The fourth-order valence-corrected chi connectivity index (χ4v) is 2.92. The van der Waals surface area contributed by atoms with E-state index in [1.165, 1.54) is 4.88 Å². The molecule has 0 aliphatic carbocycles. The van der Waals surface area contributed by atoms with Crippen LogP contribution in [0.3, 0.4) is 0 Å². The first kappa shape index (κ1) is 14.5. The number of amides is 1. The van der Waals surface area contributed by atoms with Crippen LogP contribution in [0.5, 0.6) is 0 Å². The van der Waals surface area contributed by atoms with E-state index < -0.39 is 0 Å². The SMILES string of the molecule is O=C(NCCc1cccs1)c1ccc(Cn2ccnc2)cc1. The number of rotatable bonds is 6. The fraction of sp³-hybridized carbons (Fsp3) is 0.176. The Kier molecular flexibility index (Phi) is 4.65. The lowest BCUT2D eigenvalue weighted by atomic mass is 10.1. The van der Waals surface area contributed by atoms with Crippen LogP contribution in [0.15, 0.2) is 60.5 Å². The second-order valence-corrected chi connectivity index (χ2v) is 6.05. The van der Waals surface area contributed by atoms with Crippen molar-refractivity contribution in [2.24, 2.45) is 0 Å². The highest BCUT2D eigenvalue weighted by Crippen LogP contribution is 2.09. The zero-order valence-corrected chi connectivity index (χ0v) is 12.9. The van der Waals surface area contributed by atoms with Crippen molar-refractivity contribution in [2.45, 2.75) is 13.0 Å². The van der Waals surface area contributed by atoms with E-state index in [0.717, 1.165) is 18.5 Å². The molecule has 0 aliphatic rings. The topological polar surface area (TPSA) is 46.9 Å². The molecule has 4 nitrogen and oxygen atoms in total. The van der Waals surface area contributed by atoms with Crippen LogP contribution in [-0.4, -0.2) is 22.0 Å². The molecule has 0 bridgehead atoms. The molecular weight excluding hydrogens is 294 g/mol. The summed E-state index contributed by atoms with van der Waals surface area (Å²) >= 11 is 1.72. The van der Waals surface area contributed by atoms with Crippen LogP contribution in [0.1, 0.15) is 20.8 Å². The molecule has 1 amide bonds. The summed E-state index contributed by atoms with van der Waals surface area (Å²) in [7, 11) is 0. The lowest BCUT2D eigenvalue weighted by Gasteiger charge is -2.06. The molecule has 0 radical (unpaired) electrons. The Balaban J connectivity index is 1.52. The molecule has 3 rings (SSSR count). The normalized spacial score (nSPS) is 10.5. The highest BCUT2D eigenvalue weighted by atomic mass is 32.1. The Morgan fingerprint density at radius 3 is 2.77 bits per heavy atom. The van der Waals surface area contributed by atoms with Gasteiger partial charge in [0.2, 0.25) is 0 Å². The average Bonchev–Trinajstić information content (AvgIpc) is 3.21. The van der Waals surface area contributed by atoms with Gasteiger partial charge in [-0.3, -0.25) is 4.79 Å². The van der Waals surface area contributed by atoms with Gasteiger partial charge < -0.3 is 9.88 Å². The minimum absolute atomic E-state index is 0.0225. The van der Waals surface area contributed by atoms with Crippen LogP contribution in [0, 0.1) is 0 Å². The summed E-state index contributed by atoms with van der Waals surface area (Å²) in [6.45, 7) is 1.43. The maximum absolute atomic E-state index is 12.1. The number of benzene rings is 1. The quantitative estimate of drug-likeness (QED) is 0.761. The maximum atomic E-state index is 12.1. The van der Waals surface area contributed by atoms with Crippen molar-refractivity contribution >= 4 is 17.2 Å². The third kappa shape index (κ3) is 3.83. The van der Waals surface area contributed by atoms with Crippen LogP contribution in [0.25, 0.3) is 0 Å². The number of carbonyl (C=O) groups is 1. The molecule has 1 N–H and O–H groups in total. The number of imidazole rings is 1. The van der Waals surface area contributed by atoms with Crippen LogP contribution in [-0.2, 0) is 13.0 Å². The molecule has 2 aromatic heterocycles. The van der Waals surface area contributed by atoms with E-state index in [2.05, 4.69) is 21.7 Å². The summed E-state index contributed by atoms with van der Waals surface area (Å²) in [5.74, 6) is -0.0225. The molecule has 0 unspecified atom stereocenters. The highest BCUT2D eigenvalue weighted by Gasteiger charge is 2.05. The van der Waals surface area contributed by atoms with Crippen LogP contribution in [0.2, 0.25) is 0 Å². The van der Waals surface area contributed by atoms with E-state index in [0.29, 0.717) is 12.1 Å². The fourth-order valence-electron chi connectivity index (χ4n) is 2.21. The first-order valence-electron chi connectivity index (χ1n) is 7.16. The predicted octanol–water partition coefficient (Wildman–Crippen LogP) is 2.97. The molecule has 1 aromatic carbocycles. The van der Waals surface area contributed by atoms with Crippen LogP contribution >= 0.6 is 11.3 Å². The molecule has 0 fully saturated rings. The molecule has 5 heteroatoms. The molecular formula is C17H17N3OS. The van der Waals surface area contributed by atoms with Gasteiger partial charge in [0.1, 0.15) is 0 Å². The van der Waals surface area contributed by atoms with Gasteiger partial charge in [-0.05, 0) is 35.6 Å². The zero-order valence-electron chi connectivity index (χ0n) is 12.1. The van der Waals surface area contributed by atoms with Gasteiger partial charge in [0, 0.05) is 35.9 Å². The third-order valence-corrected chi connectivity index (χ3v) is 4.31. The Hall–Kier alpha value is -2.40. The van der Waals surface area contributed by atoms with Gasteiger partial charge in [0.05, 0.1) is 6.33 Å². The Bertz CT molecular complexity index is 703. The summed E-state index contributed by atoms with van der Waals surface area (Å²) in [5.41, 5.74) is 1.84. The molecule has 0 atom stereocenters. The molecule has 3 aromatic rings. The Morgan fingerprint density at radius 2 is 2.09 bits per heavy atom. The zero-order chi connectivity index (χ0) is 15.2. The predicted molar refractivity (Wildman–Crippen MR) is 88.1 cm³/mol. The summed E-state index contributed by atoms with van der Waals surface area (Å²) in [6, 6.07) is 11.8. The van der Waals surface area contributed by atoms with Crippen molar-refractivity contribution < 1.29 is 4.79 Å². The summed E-state index contributed by atoms with van der Waals surface area (Å²) < 4.78 is 2.00. The molecule has 112 valence electrons. The van der Waals surface area contributed by atoms with Gasteiger partial charge in [-0.2, -0.15) is 0 Å². The lowest BCUT2D eigenvalue weighted by molar-refractivity contribution is 0.0954. The van der Waals surface area contributed by atoms with Crippen molar-refractivity contribution in [3.8, 4) is 0 Å². The standard InChI is InChI=1S/C17H17N3OS/c21-17(19-8-7-16-2-1-11-22-16)15-5-3-14(4-6-15)12-20-10-9-18-13-20/h1-6,9-11,13H,7-8,12H2,(H,19,21). The number of nitrogens with one attached hydrogen (secondary N) is 1. The third-order valence-electron chi connectivity index (χ3n) is 3.38. The highest BCUT2D eigenvalue weighted by molar-refractivity contribution is 7.09. The van der Waals surface area contributed by atoms with Gasteiger partial charge in [0.25, 0.3) is 5.91 Å². The number of aromatic nitrogens is 2. The second kappa shape index (κ2) is 7.04. The van der Waals surface area contributed by atoms with Gasteiger partial charge in [0.15, 0.2) is 0 Å². The summed E-state index contributed by atoms with van der Waals surface area (Å²) in [6.07, 6.45) is 6.34. The molecule has 0 aliphatic heterocycles. The van der Waals surface area contributed by atoms with E-state index >= 15 is 0 Å². The van der Waals surface area contributed by atoms with Gasteiger partial charge in [-0.25, -0.2) is 4.98 Å². The first-order chi connectivity index (χ1) is 10.8. The Labute approximate surface area is 133 Å². The van der Waals surface area contributed by atoms with Gasteiger partial charge in [-0.1, -0.05) is 18.2 Å². The smallest absolute Gasteiger partial charge is 0.251 e. The monoisotopic (exact) mass is 311 g/mol. The minimum Gasteiger partial charge on any atom is -0.352 e. The number of hydrogen-bond acceptors (Lipinski definition) is 3. The number of nitrogens with zero attached hydrogens (tertiary/aromatic N) is 2. The van der Waals surface area contributed by atoms with Crippen molar-refractivity contribution in [2.75, 3.05) is 6.54 Å². The van der Waals surface area contributed by atoms with E-state index in [1.807, 2.05) is 41.1 Å². The number of carbonyl (C=O) groups excluding carboxylic acids is 1. The van der Waals surface area contributed by atoms with Crippen LogP contribution < -0.4 is 5.32 Å². The minimum atomic E-state index is -0.0225. The van der Waals surface area contributed by atoms with E-state index in [1.54, 1.807) is 23.9 Å². The number of hydrogen-bond donors (Lipinski definition) is 1. The molecule has 22 heavy (non-hydrogen) atoms. The molecule has 0 saturated carbocycles. The average molecular weight is 311 g/mol. The summed E-state index contributed by atoms with van der Waals surface area (Å²) in [4.78, 5) is 17.4. The van der Waals surface area contributed by atoms with Crippen molar-refractivity contribution in [1.82, 2.24) is 14.9 Å². The van der Waals surface area contributed by atoms with E-state index in [-0.39, 0.29) is 5.91 Å². The maximum Gasteiger partial charge on any atom is 0.251 e. The second-order valence-electron chi connectivity index (χ2n) is 5.02. The van der Waals surface area contributed by atoms with Gasteiger partial charge in [-0.15, -0.1) is 11.3 Å². The largest absolute Gasteiger partial charge is 0.352 e. The number of thiophene rings is 1. The van der Waals surface area contributed by atoms with Crippen molar-refractivity contribution in [1.29, 1.82) is 0 Å². The van der Waals surface area contributed by atoms with E-state index in [4.69, 9.17) is 0 Å². The molecule has 0 spiro atoms. The lowest BCUT2D eigenvalue weighted by Crippen LogP contribution is -2.25. The van der Waals surface area contributed by atoms with Crippen molar-refractivity contribution in [3.63, 3.8) is 0 Å². The Morgan fingerprint density at radius 1 is 1.23 bits per heavy atom. The molecule has 2 heterocycles. The van der Waals surface area contributed by atoms with Crippen LogP contribution in [0.4, 0.5) is 0 Å². The first-order valence-corrected chi connectivity index (χ1v) is 8.04. The summed E-state index contributed by atoms with van der Waals surface area (Å²) in [5, 5.41) is 5.01. The van der Waals surface area contributed by atoms with E-state index in [9.17, 15) is 4.79 Å². The van der Waals surface area contributed by atoms with Gasteiger partial charge >= 0.3 is 0 Å². The van der Waals surface area contributed by atoms with Crippen molar-refractivity contribution in [3.05, 3.63) is 76.5 Å².